The first-order chi connectivity index (χ1) is 10.2. The summed E-state index contributed by atoms with van der Waals surface area (Å²) in [4.78, 5) is 6.15. The summed E-state index contributed by atoms with van der Waals surface area (Å²) in [6.45, 7) is 9.12. The van der Waals surface area contributed by atoms with Crippen LogP contribution in [0.15, 0.2) is 30.3 Å². The van der Waals surface area contributed by atoms with Crippen LogP contribution in [0.5, 0.6) is 5.75 Å². The minimum Gasteiger partial charge on any atom is -0.493 e. The van der Waals surface area contributed by atoms with E-state index in [0.29, 0.717) is 12.5 Å². The maximum Gasteiger partial charge on any atom is 0.119 e. The van der Waals surface area contributed by atoms with Gasteiger partial charge in [0.1, 0.15) is 5.75 Å². The van der Waals surface area contributed by atoms with E-state index in [9.17, 15) is 0 Å². The number of para-hydroxylation sites is 1. The van der Waals surface area contributed by atoms with Crippen LogP contribution in [0.2, 0.25) is 0 Å². The van der Waals surface area contributed by atoms with Crippen molar-refractivity contribution < 1.29 is 4.74 Å². The van der Waals surface area contributed by atoms with Crippen molar-refractivity contribution in [1.82, 2.24) is 10.3 Å². The molecular formula is C17H24N2OS. The molecule has 0 amide bonds. The van der Waals surface area contributed by atoms with Crippen LogP contribution in [0.25, 0.3) is 0 Å². The monoisotopic (exact) mass is 304 g/mol. The van der Waals surface area contributed by atoms with Crippen molar-refractivity contribution in [2.24, 2.45) is 0 Å². The minimum atomic E-state index is 0.471. The van der Waals surface area contributed by atoms with Gasteiger partial charge in [0, 0.05) is 17.8 Å². The molecule has 0 spiro atoms. The molecule has 114 valence electrons. The van der Waals surface area contributed by atoms with E-state index in [1.165, 1.54) is 15.6 Å². The molecule has 1 heterocycles. The summed E-state index contributed by atoms with van der Waals surface area (Å²) in [5, 5.41) is 4.56. The molecule has 4 heteroatoms. The zero-order valence-electron chi connectivity index (χ0n) is 13.1. The number of rotatable bonds is 8. The van der Waals surface area contributed by atoms with Gasteiger partial charge >= 0.3 is 0 Å². The number of nitrogens with one attached hydrogen (secondary N) is 1. The second-order valence-corrected chi connectivity index (χ2v) is 6.43. The molecule has 0 aliphatic rings. The second-order valence-electron chi connectivity index (χ2n) is 5.26. The van der Waals surface area contributed by atoms with E-state index in [1.54, 1.807) is 0 Å². The van der Waals surface area contributed by atoms with Gasteiger partial charge in [0.25, 0.3) is 0 Å². The standard InChI is InChI=1S/C17H24N2OS/c1-4-18-12-15-17(13(2)3)19-16(21-15)10-11-20-14-8-6-5-7-9-14/h5-9,13,18H,4,10-12H2,1-3H3. The van der Waals surface area contributed by atoms with Gasteiger partial charge in [-0.25, -0.2) is 4.98 Å². The molecule has 1 aromatic carbocycles. The number of hydrogen-bond donors (Lipinski definition) is 1. The first kappa shape index (κ1) is 16.0. The fourth-order valence-corrected chi connectivity index (χ4v) is 3.28. The Kier molecular flexibility index (Phi) is 6.21. The zero-order valence-corrected chi connectivity index (χ0v) is 13.9. The Morgan fingerprint density at radius 2 is 2.00 bits per heavy atom. The average molecular weight is 304 g/mol. The van der Waals surface area contributed by atoms with Crippen LogP contribution in [0.3, 0.4) is 0 Å². The number of nitrogens with zero attached hydrogens (tertiary/aromatic N) is 1. The molecule has 0 radical (unpaired) electrons. The molecule has 0 fully saturated rings. The van der Waals surface area contributed by atoms with Gasteiger partial charge in [-0.05, 0) is 24.6 Å². The quantitative estimate of drug-likeness (QED) is 0.800. The van der Waals surface area contributed by atoms with E-state index >= 15 is 0 Å². The van der Waals surface area contributed by atoms with Crippen molar-refractivity contribution in [2.45, 2.75) is 39.7 Å². The maximum atomic E-state index is 5.75. The highest BCUT2D eigenvalue weighted by molar-refractivity contribution is 7.11. The fraction of sp³-hybridized carbons (Fsp3) is 0.471. The molecular weight excluding hydrogens is 280 g/mol. The number of ether oxygens (including phenoxy) is 1. The average Bonchev–Trinajstić information content (AvgIpc) is 2.90. The smallest absolute Gasteiger partial charge is 0.119 e. The first-order valence-electron chi connectivity index (χ1n) is 7.57. The number of thiazole rings is 1. The molecule has 0 unspecified atom stereocenters. The second kappa shape index (κ2) is 8.15. The Morgan fingerprint density at radius 1 is 1.24 bits per heavy atom. The zero-order chi connectivity index (χ0) is 15.1. The van der Waals surface area contributed by atoms with Crippen LogP contribution in [0, 0.1) is 0 Å². The van der Waals surface area contributed by atoms with E-state index < -0.39 is 0 Å². The molecule has 0 bridgehead atoms. The first-order valence-corrected chi connectivity index (χ1v) is 8.39. The van der Waals surface area contributed by atoms with Crippen molar-refractivity contribution in [1.29, 1.82) is 0 Å². The summed E-state index contributed by atoms with van der Waals surface area (Å²) in [5.74, 6) is 1.39. The van der Waals surface area contributed by atoms with E-state index in [4.69, 9.17) is 9.72 Å². The molecule has 0 saturated heterocycles. The van der Waals surface area contributed by atoms with E-state index in [1.807, 2.05) is 41.7 Å². The Morgan fingerprint density at radius 3 is 2.67 bits per heavy atom. The summed E-state index contributed by atoms with van der Waals surface area (Å²) >= 11 is 1.81. The normalized spacial score (nSPS) is 11.0. The molecule has 21 heavy (non-hydrogen) atoms. The summed E-state index contributed by atoms with van der Waals surface area (Å²) in [5.41, 5.74) is 1.23. The fourth-order valence-electron chi connectivity index (χ4n) is 2.11. The molecule has 0 saturated carbocycles. The van der Waals surface area contributed by atoms with E-state index in [2.05, 4.69) is 26.1 Å². The molecule has 2 aromatic rings. The van der Waals surface area contributed by atoms with Crippen LogP contribution in [-0.4, -0.2) is 18.1 Å². The third-order valence-electron chi connectivity index (χ3n) is 3.18. The van der Waals surface area contributed by atoms with Crippen molar-refractivity contribution in [3.05, 3.63) is 45.9 Å². The lowest BCUT2D eigenvalue weighted by atomic mass is 10.1. The molecule has 1 aromatic heterocycles. The molecule has 3 nitrogen and oxygen atoms in total. The highest BCUT2D eigenvalue weighted by atomic mass is 32.1. The van der Waals surface area contributed by atoms with Crippen molar-refractivity contribution >= 4 is 11.3 Å². The Labute approximate surface area is 131 Å². The molecule has 0 atom stereocenters. The predicted molar refractivity (Wildman–Crippen MR) is 89.2 cm³/mol. The van der Waals surface area contributed by atoms with Crippen LogP contribution >= 0.6 is 11.3 Å². The maximum absolute atomic E-state index is 5.75. The lowest BCUT2D eigenvalue weighted by Gasteiger charge is -2.05. The number of benzene rings is 1. The third-order valence-corrected chi connectivity index (χ3v) is 4.31. The minimum absolute atomic E-state index is 0.471. The Hall–Kier alpha value is -1.39. The summed E-state index contributed by atoms with van der Waals surface area (Å²) in [7, 11) is 0. The van der Waals surface area contributed by atoms with Crippen molar-refractivity contribution in [3.63, 3.8) is 0 Å². The summed E-state index contributed by atoms with van der Waals surface area (Å²) < 4.78 is 5.75. The predicted octanol–water partition coefficient (Wildman–Crippen LogP) is 4.00. The third kappa shape index (κ3) is 4.83. The van der Waals surface area contributed by atoms with Gasteiger partial charge in [0.15, 0.2) is 0 Å². The van der Waals surface area contributed by atoms with Crippen molar-refractivity contribution in [3.8, 4) is 5.75 Å². The Bertz CT molecular complexity index is 537. The highest BCUT2D eigenvalue weighted by Gasteiger charge is 2.13. The SMILES string of the molecule is CCNCc1sc(CCOc2ccccc2)nc1C(C)C. The van der Waals surface area contributed by atoms with Crippen LogP contribution in [0.1, 0.15) is 42.3 Å². The number of hydrogen-bond acceptors (Lipinski definition) is 4. The van der Waals surface area contributed by atoms with Gasteiger partial charge < -0.3 is 10.1 Å². The lowest BCUT2D eigenvalue weighted by Crippen LogP contribution is -2.12. The van der Waals surface area contributed by atoms with Gasteiger partial charge in [-0.3, -0.25) is 0 Å². The lowest BCUT2D eigenvalue weighted by molar-refractivity contribution is 0.321. The van der Waals surface area contributed by atoms with Crippen molar-refractivity contribution in [2.75, 3.05) is 13.2 Å². The van der Waals surface area contributed by atoms with Gasteiger partial charge in [0.05, 0.1) is 17.3 Å². The van der Waals surface area contributed by atoms with Crippen LogP contribution in [0.4, 0.5) is 0 Å². The molecule has 0 aliphatic carbocycles. The van der Waals surface area contributed by atoms with Crippen LogP contribution < -0.4 is 10.1 Å². The molecule has 2 rings (SSSR count). The van der Waals surface area contributed by atoms with E-state index in [-0.39, 0.29) is 0 Å². The highest BCUT2D eigenvalue weighted by Crippen LogP contribution is 2.25. The molecule has 1 N–H and O–H groups in total. The summed E-state index contributed by atoms with van der Waals surface area (Å²) in [6.07, 6.45) is 0.866. The molecule has 0 aliphatic heterocycles. The van der Waals surface area contributed by atoms with Gasteiger partial charge in [-0.2, -0.15) is 0 Å². The number of aromatic nitrogens is 1. The van der Waals surface area contributed by atoms with Gasteiger partial charge in [-0.15, -0.1) is 11.3 Å². The van der Waals surface area contributed by atoms with Gasteiger partial charge in [0.2, 0.25) is 0 Å². The summed E-state index contributed by atoms with van der Waals surface area (Å²) in [6, 6.07) is 9.94. The van der Waals surface area contributed by atoms with E-state index in [0.717, 1.165) is 25.3 Å². The van der Waals surface area contributed by atoms with Gasteiger partial charge in [-0.1, -0.05) is 39.0 Å². The Balaban J connectivity index is 1.93. The van der Waals surface area contributed by atoms with Crippen LogP contribution in [-0.2, 0) is 13.0 Å². The largest absolute Gasteiger partial charge is 0.493 e. The topological polar surface area (TPSA) is 34.1 Å².